The van der Waals surface area contributed by atoms with Gasteiger partial charge in [-0.15, -0.1) is 0 Å². The lowest BCUT2D eigenvalue weighted by molar-refractivity contribution is 0.228. The van der Waals surface area contributed by atoms with Crippen LogP contribution in [0.25, 0.3) is 0 Å². The van der Waals surface area contributed by atoms with Crippen LogP contribution < -0.4 is 9.47 Å². The Hall–Kier alpha value is -1.26. The summed E-state index contributed by atoms with van der Waals surface area (Å²) >= 11 is 0. The van der Waals surface area contributed by atoms with Gasteiger partial charge in [-0.25, -0.2) is 0 Å². The first-order chi connectivity index (χ1) is 7.92. The highest BCUT2D eigenvalue weighted by Crippen LogP contribution is 2.28. The molecule has 0 N–H and O–H groups in total. The van der Waals surface area contributed by atoms with Crippen LogP contribution in [0.5, 0.6) is 11.5 Å². The fourth-order valence-electron chi connectivity index (χ4n) is 1.38. The summed E-state index contributed by atoms with van der Waals surface area (Å²) < 4.78 is 21.4. The summed E-state index contributed by atoms with van der Waals surface area (Å²) in [6.07, 6.45) is 0.527. The molecule has 0 aromatic heterocycles. The normalized spacial score (nSPS) is 26.2. The molecule has 2 aliphatic heterocycles. The van der Waals surface area contributed by atoms with E-state index < -0.39 is 0 Å². The van der Waals surface area contributed by atoms with Crippen LogP contribution in [-0.4, -0.2) is 38.6 Å². The Labute approximate surface area is 94.1 Å². The minimum absolute atomic E-state index is 0.264. The van der Waals surface area contributed by atoms with Gasteiger partial charge in [-0.05, 0) is 12.1 Å². The smallest absolute Gasteiger partial charge is 0.161 e. The second kappa shape index (κ2) is 4.31. The molecule has 2 heterocycles. The number of hydrogen-bond acceptors (Lipinski definition) is 4. The first-order valence-electron chi connectivity index (χ1n) is 5.49. The molecular formula is C12H14O4. The Morgan fingerprint density at radius 2 is 1.38 bits per heavy atom. The van der Waals surface area contributed by atoms with Crippen LogP contribution in [0.15, 0.2) is 24.3 Å². The van der Waals surface area contributed by atoms with Crippen molar-refractivity contribution in [2.75, 3.05) is 26.4 Å². The molecule has 0 aliphatic carbocycles. The first kappa shape index (κ1) is 9.93. The summed E-state index contributed by atoms with van der Waals surface area (Å²) in [5.41, 5.74) is 0. The lowest BCUT2D eigenvalue weighted by Crippen LogP contribution is -2.08. The zero-order valence-corrected chi connectivity index (χ0v) is 8.93. The van der Waals surface area contributed by atoms with Crippen molar-refractivity contribution in [3.63, 3.8) is 0 Å². The highest BCUT2D eigenvalue weighted by Gasteiger charge is 2.25. The van der Waals surface area contributed by atoms with Gasteiger partial charge in [0.2, 0.25) is 0 Å². The van der Waals surface area contributed by atoms with Gasteiger partial charge in [-0.3, -0.25) is 0 Å². The highest BCUT2D eigenvalue weighted by molar-refractivity contribution is 5.39. The highest BCUT2D eigenvalue weighted by atomic mass is 16.6. The minimum atomic E-state index is 0.264. The Bertz CT molecular complexity index is 323. The SMILES string of the molecule is c1ccc(OC[C@H]2CO2)c(OCC2CO2)c1. The number of ether oxygens (including phenoxy) is 4. The van der Waals surface area contributed by atoms with Crippen molar-refractivity contribution in [3.8, 4) is 11.5 Å². The van der Waals surface area contributed by atoms with Crippen molar-refractivity contribution < 1.29 is 18.9 Å². The van der Waals surface area contributed by atoms with E-state index in [1.807, 2.05) is 24.3 Å². The van der Waals surface area contributed by atoms with Crippen molar-refractivity contribution in [1.29, 1.82) is 0 Å². The molecule has 4 heteroatoms. The number of hydrogen-bond donors (Lipinski definition) is 0. The summed E-state index contributed by atoms with van der Waals surface area (Å²) in [7, 11) is 0. The van der Waals surface area contributed by atoms with Crippen LogP contribution in [0.2, 0.25) is 0 Å². The Kier molecular flexibility index (Phi) is 2.68. The monoisotopic (exact) mass is 222 g/mol. The minimum Gasteiger partial charge on any atom is -0.487 e. The Balaban J connectivity index is 1.58. The van der Waals surface area contributed by atoms with E-state index >= 15 is 0 Å². The molecule has 0 bridgehead atoms. The van der Waals surface area contributed by atoms with Gasteiger partial charge in [0, 0.05) is 0 Å². The maximum atomic E-state index is 5.62. The topological polar surface area (TPSA) is 43.5 Å². The van der Waals surface area contributed by atoms with E-state index in [1.165, 1.54) is 0 Å². The second-order valence-corrected chi connectivity index (χ2v) is 3.98. The van der Waals surface area contributed by atoms with E-state index in [4.69, 9.17) is 18.9 Å². The quantitative estimate of drug-likeness (QED) is 0.679. The van der Waals surface area contributed by atoms with Crippen molar-refractivity contribution in [1.82, 2.24) is 0 Å². The van der Waals surface area contributed by atoms with E-state index in [0.29, 0.717) is 13.2 Å². The fraction of sp³-hybridized carbons (Fsp3) is 0.500. The molecule has 0 amide bonds. The number of benzene rings is 1. The fourth-order valence-corrected chi connectivity index (χ4v) is 1.38. The molecule has 4 nitrogen and oxygen atoms in total. The van der Waals surface area contributed by atoms with Gasteiger partial charge in [-0.1, -0.05) is 12.1 Å². The van der Waals surface area contributed by atoms with Gasteiger partial charge in [0.05, 0.1) is 13.2 Å². The zero-order valence-electron chi connectivity index (χ0n) is 8.93. The summed E-state index contributed by atoms with van der Waals surface area (Å²) in [5, 5.41) is 0. The predicted octanol–water partition coefficient (Wildman–Crippen LogP) is 1.24. The van der Waals surface area contributed by atoms with E-state index in [2.05, 4.69) is 0 Å². The Morgan fingerprint density at radius 1 is 0.938 bits per heavy atom. The third-order valence-corrected chi connectivity index (χ3v) is 2.50. The van der Waals surface area contributed by atoms with Crippen LogP contribution in [-0.2, 0) is 9.47 Å². The number of rotatable bonds is 6. The van der Waals surface area contributed by atoms with E-state index in [0.717, 1.165) is 24.7 Å². The Morgan fingerprint density at radius 3 is 1.75 bits per heavy atom. The van der Waals surface area contributed by atoms with Crippen molar-refractivity contribution in [2.24, 2.45) is 0 Å². The van der Waals surface area contributed by atoms with Crippen LogP contribution in [0.3, 0.4) is 0 Å². The molecule has 16 heavy (non-hydrogen) atoms. The number of para-hydroxylation sites is 2. The van der Waals surface area contributed by atoms with Crippen LogP contribution in [0, 0.1) is 0 Å². The van der Waals surface area contributed by atoms with E-state index in [-0.39, 0.29) is 12.2 Å². The molecule has 0 saturated carbocycles. The molecule has 2 aliphatic rings. The molecule has 1 aromatic carbocycles. The van der Waals surface area contributed by atoms with Gasteiger partial charge >= 0.3 is 0 Å². The molecule has 2 saturated heterocycles. The van der Waals surface area contributed by atoms with Gasteiger partial charge in [-0.2, -0.15) is 0 Å². The standard InChI is InChI=1S/C12H14O4/c1-2-4-12(16-8-10-6-14-10)11(3-1)15-7-9-5-13-9/h1-4,9-10H,5-8H2/t9-,10?/m1/s1. The summed E-state index contributed by atoms with van der Waals surface area (Å²) in [4.78, 5) is 0. The second-order valence-electron chi connectivity index (χ2n) is 3.98. The molecule has 2 fully saturated rings. The average Bonchev–Trinajstić information content (AvgIpc) is 3.17. The zero-order chi connectivity index (χ0) is 10.8. The van der Waals surface area contributed by atoms with E-state index in [9.17, 15) is 0 Å². The van der Waals surface area contributed by atoms with Crippen molar-refractivity contribution in [3.05, 3.63) is 24.3 Å². The molecule has 0 radical (unpaired) electrons. The third-order valence-electron chi connectivity index (χ3n) is 2.50. The van der Waals surface area contributed by atoms with Crippen LogP contribution >= 0.6 is 0 Å². The average molecular weight is 222 g/mol. The molecule has 1 unspecified atom stereocenters. The van der Waals surface area contributed by atoms with Gasteiger partial charge in [0.25, 0.3) is 0 Å². The van der Waals surface area contributed by atoms with Gasteiger partial charge < -0.3 is 18.9 Å². The third kappa shape index (κ3) is 2.65. The maximum Gasteiger partial charge on any atom is 0.161 e. The molecule has 86 valence electrons. The van der Waals surface area contributed by atoms with Crippen molar-refractivity contribution in [2.45, 2.75) is 12.2 Å². The largest absolute Gasteiger partial charge is 0.487 e. The predicted molar refractivity (Wildman–Crippen MR) is 56.9 cm³/mol. The molecule has 2 atom stereocenters. The molecule has 3 rings (SSSR count). The van der Waals surface area contributed by atoms with Gasteiger partial charge in [0.1, 0.15) is 25.4 Å². The summed E-state index contributed by atoms with van der Waals surface area (Å²) in [6.45, 7) is 2.80. The summed E-state index contributed by atoms with van der Waals surface area (Å²) in [6, 6.07) is 7.68. The molecule has 1 aromatic rings. The maximum absolute atomic E-state index is 5.62. The summed E-state index contributed by atoms with van der Waals surface area (Å²) in [5.74, 6) is 1.55. The molecular weight excluding hydrogens is 208 g/mol. The molecule has 0 spiro atoms. The first-order valence-corrected chi connectivity index (χ1v) is 5.49. The van der Waals surface area contributed by atoms with Crippen molar-refractivity contribution >= 4 is 0 Å². The van der Waals surface area contributed by atoms with Gasteiger partial charge in [0.15, 0.2) is 11.5 Å². The number of epoxide rings is 2. The lowest BCUT2D eigenvalue weighted by atomic mass is 10.3. The van der Waals surface area contributed by atoms with Crippen LogP contribution in [0.1, 0.15) is 0 Å². The van der Waals surface area contributed by atoms with E-state index in [1.54, 1.807) is 0 Å². The van der Waals surface area contributed by atoms with Crippen LogP contribution in [0.4, 0.5) is 0 Å². The lowest BCUT2D eigenvalue weighted by Gasteiger charge is -2.10.